The van der Waals surface area contributed by atoms with Gasteiger partial charge in [0.2, 0.25) is 5.91 Å². The molecule has 0 radical (unpaired) electrons. The number of benzene rings is 2. The Labute approximate surface area is 180 Å². The van der Waals surface area contributed by atoms with Gasteiger partial charge >= 0.3 is 6.03 Å². The van der Waals surface area contributed by atoms with Crippen molar-refractivity contribution in [1.82, 2.24) is 10.2 Å². The van der Waals surface area contributed by atoms with Crippen molar-refractivity contribution in [3.8, 4) is 11.5 Å². The molecule has 0 atom stereocenters. The van der Waals surface area contributed by atoms with Crippen LogP contribution < -0.4 is 20.1 Å². The van der Waals surface area contributed by atoms with Crippen LogP contribution in [-0.2, 0) is 9.59 Å². The number of carbonyl (C=O) groups excluding carboxylic acids is 3. The molecule has 0 aromatic heterocycles. The van der Waals surface area contributed by atoms with Gasteiger partial charge in [-0.05, 0) is 45.0 Å². The number of methoxy groups -OCH3 is 1. The highest BCUT2D eigenvalue weighted by Crippen LogP contribution is 2.33. The molecule has 162 valence electrons. The molecule has 0 bridgehead atoms. The van der Waals surface area contributed by atoms with Crippen molar-refractivity contribution in [2.45, 2.75) is 26.9 Å². The molecule has 1 saturated heterocycles. The smallest absolute Gasteiger partial charge is 0.329 e. The molecule has 1 aliphatic heterocycles. The van der Waals surface area contributed by atoms with Crippen LogP contribution in [0.5, 0.6) is 11.5 Å². The molecular formula is C23H25N3O5. The quantitative estimate of drug-likeness (QED) is 0.526. The minimum atomic E-state index is -0.662. The summed E-state index contributed by atoms with van der Waals surface area (Å²) in [5, 5.41) is 5.20. The maximum Gasteiger partial charge on any atom is 0.329 e. The fourth-order valence-electron chi connectivity index (χ4n) is 3.02. The van der Waals surface area contributed by atoms with Gasteiger partial charge in [0.05, 0.1) is 13.2 Å². The molecule has 1 aliphatic rings. The first-order valence-corrected chi connectivity index (χ1v) is 9.83. The molecule has 0 unspecified atom stereocenters. The number of nitrogens with one attached hydrogen (secondary N) is 2. The third-order valence-corrected chi connectivity index (χ3v) is 4.48. The van der Waals surface area contributed by atoms with Crippen LogP contribution in [0.25, 0.3) is 6.08 Å². The Balaban J connectivity index is 1.77. The van der Waals surface area contributed by atoms with Gasteiger partial charge in [-0.25, -0.2) is 9.69 Å². The maximum atomic E-state index is 12.8. The lowest BCUT2D eigenvalue weighted by Crippen LogP contribution is -2.38. The molecule has 31 heavy (non-hydrogen) atoms. The van der Waals surface area contributed by atoms with Crippen LogP contribution in [0.3, 0.4) is 0 Å². The topological polar surface area (TPSA) is 97.0 Å². The summed E-state index contributed by atoms with van der Waals surface area (Å²) in [6.07, 6.45) is 1.39. The number of nitrogens with zero attached hydrogens (tertiary/aromatic N) is 1. The van der Waals surface area contributed by atoms with Crippen molar-refractivity contribution in [3.05, 3.63) is 59.3 Å². The van der Waals surface area contributed by atoms with Crippen LogP contribution in [0.1, 0.15) is 25.0 Å². The van der Waals surface area contributed by atoms with Crippen LogP contribution in [0.15, 0.2) is 48.2 Å². The summed E-state index contributed by atoms with van der Waals surface area (Å²) in [6, 6.07) is 11.8. The van der Waals surface area contributed by atoms with Crippen LogP contribution in [-0.4, -0.2) is 42.5 Å². The van der Waals surface area contributed by atoms with E-state index in [0.717, 1.165) is 10.5 Å². The Morgan fingerprint density at radius 1 is 1.16 bits per heavy atom. The zero-order valence-corrected chi connectivity index (χ0v) is 17.9. The molecule has 8 nitrogen and oxygen atoms in total. The van der Waals surface area contributed by atoms with Crippen molar-refractivity contribution < 1.29 is 23.9 Å². The molecule has 2 N–H and O–H groups in total. The highest BCUT2D eigenvalue weighted by Gasteiger charge is 2.35. The van der Waals surface area contributed by atoms with Gasteiger partial charge in [0.15, 0.2) is 11.5 Å². The lowest BCUT2D eigenvalue weighted by atomic mass is 10.1. The first kappa shape index (κ1) is 21.9. The molecule has 0 aliphatic carbocycles. The van der Waals surface area contributed by atoms with Gasteiger partial charge in [0.25, 0.3) is 5.91 Å². The zero-order chi connectivity index (χ0) is 22.5. The van der Waals surface area contributed by atoms with E-state index in [1.165, 1.54) is 13.2 Å². The minimum absolute atomic E-state index is 0.0509. The number of anilines is 1. The lowest BCUT2D eigenvalue weighted by Gasteiger charge is -2.16. The van der Waals surface area contributed by atoms with E-state index in [2.05, 4.69) is 10.6 Å². The third-order valence-electron chi connectivity index (χ3n) is 4.48. The van der Waals surface area contributed by atoms with Crippen molar-refractivity contribution in [1.29, 1.82) is 0 Å². The van der Waals surface area contributed by atoms with Crippen LogP contribution >= 0.6 is 0 Å². The van der Waals surface area contributed by atoms with Crippen molar-refractivity contribution in [2.24, 2.45) is 0 Å². The zero-order valence-electron chi connectivity index (χ0n) is 17.9. The van der Waals surface area contributed by atoms with Crippen LogP contribution in [0.4, 0.5) is 10.5 Å². The highest BCUT2D eigenvalue weighted by atomic mass is 16.5. The number of urea groups is 1. The molecule has 0 saturated carbocycles. The second-order valence-electron chi connectivity index (χ2n) is 7.34. The molecule has 0 spiro atoms. The molecule has 4 amide bonds. The average molecular weight is 423 g/mol. The van der Waals surface area contributed by atoms with E-state index in [4.69, 9.17) is 9.47 Å². The number of imide groups is 1. The number of carbonyl (C=O) groups is 3. The first-order chi connectivity index (χ1) is 14.8. The van der Waals surface area contributed by atoms with E-state index >= 15 is 0 Å². The van der Waals surface area contributed by atoms with Gasteiger partial charge < -0.3 is 20.1 Å². The molecule has 2 aromatic rings. The summed E-state index contributed by atoms with van der Waals surface area (Å²) in [5.41, 5.74) is 2.27. The Morgan fingerprint density at radius 3 is 2.52 bits per heavy atom. The largest absolute Gasteiger partial charge is 0.493 e. The van der Waals surface area contributed by atoms with E-state index in [1.807, 2.05) is 32.9 Å². The lowest BCUT2D eigenvalue weighted by molar-refractivity contribution is -0.127. The van der Waals surface area contributed by atoms with Crippen LogP contribution in [0, 0.1) is 6.92 Å². The molecule has 1 fully saturated rings. The highest BCUT2D eigenvalue weighted by molar-refractivity contribution is 6.16. The van der Waals surface area contributed by atoms with E-state index in [0.29, 0.717) is 22.7 Å². The molecule has 3 rings (SSSR count). The van der Waals surface area contributed by atoms with Gasteiger partial charge in [0.1, 0.15) is 12.2 Å². The van der Waals surface area contributed by atoms with Gasteiger partial charge in [-0.3, -0.25) is 9.59 Å². The van der Waals surface area contributed by atoms with Crippen LogP contribution in [0.2, 0.25) is 0 Å². The maximum absolute atomic E-state index is 12.8. The van der Waals surface area contributed by atoms with Crippen molar-refractivity contribution in [2.75, 3.05) is 19.0 Å². The summed E-state index contributed by atoms with van der Waals surface area (Å²) in [7, 11) is 1.52. The number of hydrogen-bond donors (Lipinski definition) is 2. The van der Waals surface area contributed by atoms with Gasteiger partial charge in [-0.1, -0.05) is 29.8 Å². The molecule has 2 aromatic carbocycles. The predicted octanol–water partition coefficient (Wildman–Crippen LogP) is 3.32. The summed E-state index contributed by atoms with van der Waals surface area (Å²) >= 11 is 0. The van der Waals surface area contributed by atoms with Crippen molar-refractivity contribution >= 4 is 29.6 Å². The number of amides is 4. The standard InChI is InChI=1S/C23H25N3O5/c1-14(2)31-21-16(6-5-7-19(21)30-4)12-18-22(28)26(23(29)25-18)13-20(27)24-17-10-8-15(3)9-11-17/h5-12,14H,13H2,1-4H3,(H,24,27)(H,25,29)/b18-12+. The number of ether oxygens (including phenoxy) is 2. The monoisotopic (exact) mass is 423 g/mol. The van der Waals surface area contributed by atoms with E-state index in [-0.39, 0.29) is 11.8 Å². The fraction of sp³-hybridized carbons (Fsp3) is 0.261. The summed E-state index contributed by atoms with van der Waals surface area (Å²) < 4.78 is 11.2. The number of para-hydroxylation sites is 1. The number of hydrogen-bond acceptors (Lipinski definition) is 5. The van der Waals surface area contributed by atoms with Gasteiger partial charge in [0, 0.05) is 11.3 Å². The van der Waals surface area contributed by atoms with Gasteiger partial charge in [-0.15, -0.1) is 0 Å². The predicted molar refractivity (Wildman–Crippen MR) is 117 cm³/mol. The normalized spacial score (nSPS) is 14.7. The third kappa shape index (κ3) is 5.22. The summed E-state index contributed by atoms with van der Waals surface area (Å²) in [6.45, 7) is 5.29. The Bertz CT molecular complexity index is 1030. The average Bonchev–Trinajstić information content (AvgIpc) is 2.98. The number of rotatable bonds is 7. The fourth-order valence-corrected chi connectivity index (χ4v) is 3.02. The second kappa shape index (κ2) is 9.34. The summed E-state index contributed by atoms with van der Waals surface area (Å²) in [5.74, 6) is -0.0968. The van der Waals surface area contributed by atoms with E-state index in [1.54, 1.807) is 30.3 Å². The minimum Gasteiger partial charge on any atom is -0.493 e. The Morgan fingerprint density at radius 2 is 1.87 bits per heavy atom. The summed E-state index contributed by atoms with van der Waals surface area (Å²) in [4.78, 5) is 38.3. The molecular weight excluding hydrogens is 398 g/mol. The Kier molecular flexibility index (Phi) is 6.59. The SMILES string of the molecule is COc1cccc(/C=C2/NC(=O)N(CC(=O)Nc3ccc(C)cc3)C2=O)c1OC(C)C. The van der Waals surface area contributed by atoms with E-state index in [9.17, 15) is 14.4 Å². The van der Waals surface area contributed by atoms with Crippen molar-refractivity contribution in [3.63, 3.8) is 0 Å². The Hall–Kier alpha value is -3.81. The van der Waals surface area contributed by atoms with Gasteiger partial charge in [-0.2, -0.15) is 0 Å². The molecule has 8 heteroatoms. The first-order valence-electron chi connectivity index (χ1n) is 9.83. The molecule has 1 heterocycles. The van der Waals surface area contributed by atoms with E-state index < -0.39 is 24.4 Å². The number of aryl methyl sites for hydroxylation is 1. The second-order valence-corrected chi connectivity index (χ2v) is 7.34.